The fourth-order valence-corrected chi connectivity index (χ4v) is 6.40. The van der Waals surface area contributed by atoms with Gasteiger partial charge in [-0.2, -0.15) is 13.2 Å². The van der Waals surface area contributed by atoms with Crippen molar-refractivity contribution in [2.45, 2.75) is 36.6 Å². The Bertz CT molecular complexity index is 1170. The Hall–Kier alpha value is -2.59. The molecule has 0 N–H and O–H groups in total. The first-order valence-electron chi connectivity index (χ1n) is 11.9. The lowest BCUT2D eigenvalue weighted by molar-refractivity contribution is -0.137. The molecule has 35 heavy (non-hydrogen) atoms. The molecule has 3 aromatic rings. The van der Waals surface area contributed by atoms with Crippen LogP contribution in [0, 0.1) is 5.92 Å². The van der Waals surface area contributed by atoms with E-state index >= 15 is 0 Å². The van der Waals surface area contributed by atoms with Crippen LogP contribution in [-0.4, -0.2) is 62.1 Å². The molecule has 0 amide bonds. The lowest BCUT2D eigenvalue weighted by Gasteiger charge is -2.38. The fraction of sp³-hybridized carbons (Fsp3) is 0.480. The van der Waals surface area contributed by atoms with Crippen molar-refractivity contribution in [2.24, 2.45) is 13.0 Å². The van der Waals surface area contributed by atoms with Crippen molar-refractivity contribution in [1.29, 1.82) is 0 Å². The van der Waals surface area contributed by atoms with Gasteiger partial charge < -0.3 is 14.4 Å². The van der Waals surface area contributed by atoms with Gasteiger partial charge in [-0.1, -0.05) is 23.9 Å². The number of rotatable bonds is 7. The Morgan fingerprint density at radius 3 is 2.66 bits per heavy atom. The van der Waals surface area contributed by atoms with Crippen molar-refractivity contribution in [2.75, 3.05) is 36.8 Å². The average molecular weight is 503 g/mol. The Kier molecular flexibility index (Phi) is 6.52. The van der Waals surface area contributed by atoms with E-state index in [4.69, 9.17) is 0 Å². The fourth-order valence-electron chi connectivity index (χ4n) is 5.56. The Balaban J connectivity index is 1.18. The van der Waals surface area contributed by atoms with Crippen molar-refractivity contribution in [3.8, 4) is 11.4 Å². The number of nitrogens with zero attached hydrogens (tertiary/aromatic N) is 6. The lowest BCUT2D eigenvalue weighted by Crippen LogP contribution is -2.47. The minimum atomic E-state index is -4.35. The molecule has 2 aromatic heterocycles. The maximum atomic E-state index is 13.7. The molecule has 4 heterocycles. The van der Waals surface area contributed by atoms with Crippen LogP contribution in [0.15, 0.2) is 53.9 Å². The highest BCUT2D eigenvalue weighted by Gasteiger charge is 2.52. The van der Waals surface area contributed by atoms with Crippen LogP contribution in [0.1, 0.15) is 25.3 Å². The van der Waals surface area contributed by atoms with Crippen LogP contribution in [0.5, 0.6) is 0 Å². The lowest BCUT2D eigenvalue weighted by atomic mass is 9.90. The highest BCUT2D eigenvalue weighted by molar-refractivity contribution is 7.99. The van der Waals surface area contributed by atoms with Gasteiger partial charge in [-0.3, -0.25) is 4.98 Å². The third kappa shape index (κ3) is 4.65. The number of thioether (sulfide) groups is 1. The topological polar surface area (TPSA) is 50.1 Å². The Morgan fingerprint density at radius 2 is 1.89 bits per heavy atom. The van der Waals surface area contributed by atoms with Crippen LogP contribution in [0.3, 0.4) is 0 Å². The predicted molar refractivity (Wildman–Crippen MR) is 131 cm³/mol. The monoisotopic (exact) mass is 502 g/mol. The van der Waals surface area contributed by atoms with E-state index in [1.54, 1.807) is 36.3 Å². The molecule has 1 aromatic carbocycles. The van der Waals surface area contributed by atoms with E-state index in [9.17, 15) is 13.2 Å². The second kappa shape index (κ2) is 9.46. The standard InChI is InChI=1S/C25H29F3N6S/c1-24-17-33(13-5-15-35-23-31-30-22(32(23)2)18-8-11-29-12-9-18)16-19(24)10-14-34(24)21-7-4-3-6-20(21)25(26,27)28/h3-4,6-9,11-12,19H,5,10,13-17H2,1-2H3/t19-,24+/m0/s1. The van der Waals surface area contributed by atoms with Gasteiger partial charge in [0.25, 0.3) is 0 Å². The van der Waals surface area contributed by atoms with E-state index in [0.717, 1.165) is 54.8 Å². The Morgan fingerprint density at radius 1 is 1.11 bits per heavy atom. The summed E-state index contributed by atoms with van der Waals surface area (Å²) in [7, 11) is 1.97. The highest BCUT2D eigenvalue weighted by Crippen LogP contribution is 2.47. The van der Waals surface area contributed by atoms with E-state index < -0.39 is 11.7 Å². The molecule has 10 heteroatoms. The van der Waals surface area contributed by atoms with Gasteiger partial charge >= 0.3 is 6.18 Å². The van der Waals surface area contributed by atoms with Gasteiger partial charge in [-0.05, 0) is 56.5 Å². The smallest absolute Gasteiger partial charge is 0.364 e. The van der Waals surface area contributed by atoms with Crippen molar-refractivity contribution >= 4 is 17.4 Å². The number of aromatic nitrogens is 4. The predicted octanol–water partition coefficient (Wildman–Crippen LogP) is 4.98. The van der Waals surface area contributed by atoms with E-state index in [2.05, 4.69) is 27.0 Å². The van der Waals surface area contributed by atoms with Gasteiger partial charge in [0.05, 0.1) is 11.1 Å². The summed E-state index contributed by atoms with van der Waals surface area (Å²) in [5.41, 5.74) is 0.480. The average Bonchev–Trinajstić information content (AvgIpc) is 3.46. The molecule has 2 fully saturated rings. The summed E-state index contributed by atoms with van der Waals surface area (Å²) in [6, 6.07) is 9.83. The maximum Gasteiger partial charge on any atom is 0.418 e. The number of para-hydroxylation sites is 1. The number of benzene rings is 1. The van der Waals surface area contributed by atoms with Crippen LogP contribution in [0.4, 0.5) is 18.9 Å². The quantitative estimate of drug-likeness (QED) is 0.336. The number of hydrogen-bond donors (Lipinski definition) is 0. The summed E-state index contributed by atoms with van der Waals surface area (Å²) in [5.74, 6) is 2.09. The number of hydrogen-bond acceptors (Lipinski definition) is 6. The van der Waals surface area contributed by atoms with Crippen molar-refractivity contribution in [3.05, 3.63) is 54.4 Å². The van der Waals surface area contributed by atoms with E-state index in [1.807, 2.05) is 28.6 Å². The summed E-state index contributed by atoms with van der Waals surface area (Å²) in [4.78, 5) is 8.47. The van der Waals surface area contributed by atoms with Gasteiger partial charge in [-0.25, -0.2) is 0 Å². The number of likely N-dealkylation sites (tertiary alicyclic amines) is 1. The molecule has 2 aliphatic heterocycles. The van der Waals surface area contributed by atoms with E-state index in [-0.39, 0.29) is 5.54 Å². The molecule has 0 saturated carbocycles. The molecular formula is C25H29F3N6S. The molecule has 186 valence electrons. The molecule has 6 nitrogen and oxygen atoms in total. The zero-order valence-corrected chi connectivity index (χ0v) is 20.7. The minimum Gasteiger partial charge on any atom is -0.364 e. The Labute approximate surface area is 207 Å². The van der Waals surface area contributed by atoms with Crippen molar-refractivity contribution in [1.82, 2.24) is 24.6 Å². The molecule has 0 spiro atoms. The third-order valence-electron chi connectivity index (χ3n) is 7.34. The van der Waals surface area contributed by atoms with Crippen LogP contribution in [0.25, 0.3) is 11.4 Å². The van der Waals surface area contributed by atoms with Crippen molar-refractivity contribution < 1.29 is 13.2 Å². The van der Waals surface area contributed by atoms with Gasteiger partial charge in [0.2, 0.25) is 0 Å². The first-order valence-corrected chi connectivity index (χ1v) is 12.8. The summed E-state index contributed by atoms with van der Waals surface area (Å²) < 4.78 is 43.0. The SMILES string of the molecule is Cn1c(SCCCN2C[C@@H]3CCN(c4ccccc4C(F)(F)F)[C@]3(C)C2)nnc1-c1ccncc1. The van der Waals surface area contributed by atoms with E-state index in [1.165, 1.54) is 12.1 Å². The summed E-state index contributed by atoms with van der Waals surface area (Å²) in [5, 5.41) is 9.53. The molecule has 0 aliphatic carbocycles. The first-order chi connectivity index (χ1) is 16.8. The second-order valence-corrected chi connectivity index (χ2v) is 10.6. The zero-order chi connectivity index (χ0) is 24.6. The third-order valence-corrected chi connectivity index (χ3v) is 8.45. The molecule has 0 radical (unpaired) electrons. The second-order valence-electron chi connectivity index (χ2n) is 9.55. The van der Waals surface area contributed by atoms with Crippen molar-refractivity contribution in [3.63, 3.8) is 0 Å². The molecule has 0 unspecified atom stereocenters. The number of pyridine rings is 1. The molecule has 2 aliphatic rings. The highest BCUT2D eigenvalue weighted by atomic mass is 32.2. The minimum absolute atomic E-state index is 0.280. The molecule has 2 atom stereocenters. The van der Waals surface area contributed by atoms with Crippen LogP contribution >= 0.6 is 11.8 Å². The van der Waals surface area contributed by atoms with Crippen LogP contribution in [0.2, 0.25) is 0 Å². The molecule has 5 rings (SSSR count). The summed E-state index contributed by atoms with van der Waals surface area (Å²) in [6.45, 7) is 5.44. The normalized spacial score (nSPS) is 22.7. The number of fused-ring (bicyclic) bond motifs is 1. The van der Waals surface area contributed by atoms with E-state index in [0.29, 0.717) is 18.2 Å². The van der Waals surface area contributed by atoms with Crippen LogP contribution < -0.4 is 4.90 Å². The molecular weight excluding hydrogens is 473 g/mol. The molecule has 2 saturated heterocycles. The van der Waals surface area contributed by atoms with Crippen LogP contribution in [-0.2, 0) is 13.2 Å². The van der Waals surface area contributed by atoms with Gasteiger partial charge in [0, 0.05) is 56.1 Å². The zero-order valence-electron chi connectivity index (χ0n) is 19.9. The number of halogens is 3. The van der Waals surface area contributed by atoms with Gasteiger partial charge in [0.1, 0.15) is 0 Å². The number of alkyl halides is 3. The largest absolute Gasteiger partial charge is 0.418 e. The van der Waals surface area contributed by atoms with Gasteiger partial charge in [-0.15, -0.1) is 10.2 Å². The molecule has 0 bridgehead atoms. The summed E-state index contributed by atoms with van der Waals surface area (Å²) in [6.07, 6.45) is 1.03. The number of anilines is 1. The van der Waals surface area contributed by atoms with Gasteiger partial charge in [0.15, 0.2) is 11.0 Å². The first kappa shape index (κ1) is 24.1. The summed E-state index contributed by atoms with van der Waals surface area (Å²) >= 11 is 1.68. The maximum absolute atomic E-state index is 13.7.